The monoisotopic (exact) mass is 297 g/mol. The number of likely N-dealkylation sites (tertiary alicyclic amines) is 1. The Kier molecular flexibility index (Phi) is 4.99. The van der Waals surface area contributed by atoms with E-state index in [2.05, 4.69) is 33.9 Å². The van der Waals surface area contributed by atoms with Crippen LogP contribution in [-0.2, 0) is 16.0 Å². The Labute approximate surface area is 124 Å². The van der Waals surface area contributed by atoms with E-state index >= 15 is 0 Å². The molecule has 0 atom stereocenters. The summed E-state index contributed by atoms with van der Waals surface area (Å²) in [6.45, 7) is 5.58. The fourth-order valence-corrected chi connectivity index (χ4v) is 3.02. The average Bonchev–Trinajstić information content (AvgIpc) is 2.88. The highest BCUT2D eigenvalue weighted by atomic mass is 32.1. The molecule has 20 heavy (non-hydrogen) atoms. The molecule has 1 aliphatic rings. The highest BCUT2D eigenvalue weighted by Gasteiger charge is 2.28. The summed E-state index contributed by atoms with van der Waals surface area (Å²) in [5.74, 6) is -0.246. The number of ether oxygens (including phenoxy) is 1. The molecule has 6 heteroatoms. The number of nitrogens with zero attached hydrogens (tertiary/aromatic N) is 2. The van der Waals surface area contributed by atoms with Gasteiger partial charge in [0.05, 0.1) is 19.2 Å². The first-order valence-electron chi connectivity index (χ1n) is 6.94. The third kappa shape index (κ3) is 4.18. The molecule has 1 aromatic heterocycles. The van der Waals surface area contributed by atoms with E-state index in [0.29, 0.717) is 5.41 Å². The number of methoxy groups -OCH3 is 1. The fraction of sp³-hybridized carbons (Fsp3) is 0.714. The van der Waals surface area contributed by atoms with Gasteiger partial charge >= 0.3 is 5.97 Å². The lowest BCUT2D eigenvalue weighted by Gasteiger charge is -2.37. The maximum Gasteiger partial charge on any atom is 0.311 e. The molecule has 0 aromatic carbocycles. The van der Waals surface area contributed by atoms with Gasteiger partial charge in [-0.1, -0.05) is 6.92 Å². The summed E-state index contributed by atoms with van der Waals surface area (Å²) < 4.78 is 4.65. The quantitative estimate of drug-likeness (QED) is 0.843. The largest absolute Gasteiger partial charge is 0.469 e. The van der Waals surface area contributed by atoms with Crippen molar-refractivity contribution < 1.29 is 9.53 Å². The zero-order valence-electron chi connectivity index (χ0n) is 12.4. The lowest BCUT2D eigenvalue weighted by Crippen LogP contribution is -2.40. The van der Waals surface area contributed by atoms with Crippen LogP contribution in [0.25, 0.3) is 0 Å². The molecule has 0 unspecified atom stereocenters. The number of rotatable bonds is 5. The fourth-order valence-electron chi connectivity index (χ4n) is 2.31. The third-order valence-corrected chi connectivity index (χ3v) is 4.81. The molecular weight excluding hydrogens is 274 g/mol. The van der Waals surface area contributed by atoms with Gasteiger partial charge in [-0.15, -0.1) is 11.3 Å². The molecule has 0 radical (unpaired) electrons. The summed E-state index contributed by atoms with van der Waals surface area (Å²) in [5, 5.41) is 6.22. The Morgan fingerprint density at radius 2 is 2.25 bits per heavy atom. The first-order chi connectivity index (χ1) is 9.50. The Balaban J connectivity index is 1.83. The van der Waals surface area contributed by atoms with E-state index in [-0.39, 0.29) is 12.4 Å². The SMILES string of the molecule is COC(=O)Cc1csc(NCC2(C)CCN(C)CC2)n1. The van der Waals surface area contributed by atoms with Crippen LogP contribution < -0.4 is 5.32 Å². The number of carbonyl (C=O) groups excluding carboxylic acids is 1. The van der Waals surface area contributed by atoms with E-state index in [0.717, 1.165) is 30.5 Å². The molecule has 0 aliphatic carbocycles. The topological polar surface area (TPSA) is 54.5 Å². The van der Waals surface area contributed by atoms with Gasteiger partial charge in [0.15, 0.2) is 5.13 Å². The Hall–Kier alpha value is -1.14. The van der Waals surface area contributed by atoms with Crippen LogP contribution in [0.5, 0.6) is 0 Å². The summed E-state index contributed by atoms with van der Waals surface area (Å²) in [7, 11) is 3.57. The van der Waals surface area contributed by atoms with Crippen molar-refractivity contribution in [2.45, 2.75) is 26.2 Å². The summed E-state index contributed by atoms with van der Waals surface area (Å²) >= 11 is 1.55. The molecule has 0 spiro atoms. The van der Waals surface area contributed by atoms with Crippen LogP contribution in [0.3, 0.4) is 0 Å². The van der Waals surface area contributed by atoms with Crippen molar-refractivity contribution in [2.75, 3.05) is 39.1 Å². The number of hydrogen-bond donors (Lipinski definition) is 1. The van der Waals surface area contributed by atoms with Crippen LogP contribution in [0.15, 0.2) is 5.38 Å². The molecule has 0 bridgehead atoms. The van der Waals surface area contributed by atoms with Crippen molar-refractivity contribution >= 4 is 22.4 Å². The van der Waals surface area contributed by atoms with Gasteiger partial charge in [-0.3, -0.25) is 4.79 Å². The molecule has 1 saturated heterocycles. The van der Waals surface area contributed by atoms with E-state index in [1.807, 2.05) is 5.38 Å². The van der Waals surface area contributed by atoms with E-state index in [1.54, 1.807) is 11.3 Å². The average molecular weight is 297 g/mol. The number of carbonyl (C=O) groups is 1. The first-order valence-corrected chi connectivity index (χ1v) is 7.82. The maximum atomic E-state index is 11.2. The maximum absolute atomic E-state index is 11.2. The molecule has 1 fully saturated rings. The molecule has 1 aromatic rings. The predicted octanol–water partition coefficient (Wildman–Crippen LogP) is 2.00. The molecule has 1 N–H and O–H groups in total. The Morgan fingerprint density at radius 1 is 1.55 bits per heavy atom. The number of hydrogen-bond acceptors (Lipinski definition) is 6. The second-order valence-corrected chi connectivity index (χ2v) is 6.72. The summed E-state index contributed by atoms with van der Waals surface area (Å²) in [6.07, 6.45) is 2.66. The number of anilines is 1. The van der Waals surface area contributed by atoms with E-state index in [9.17, 15) is 4.79 Å². The zero-order chi connectivity index (χ0) is 14.6. The zero-order valence-corrected chi connectivity index (χ0v) is 13.3. The highest BCUT2D eigenvalue weighted by Crippen LogP contribution is 2.31. The Bertz CT molecular complexity index is 453. The van der Waals surface area contributed by atoms with E-state index in [4.69, 9.17) is 0 Å². The normalized spacial score (nSPS) is 18.8. The van der Waals surface area contributed by atoms with Crippen LogP contribution in [-0.4, -0.2) is 49.6 Å². The van der Waals surface area contributed by atoms with E-state index in [1.165, 1.54) is 20.0 Å². The Morgan fingerprint density at radius 3 is 2.90 bits per heavy atom. The van der Waals surface area contributed by atoms with E-state index < -0.39 is 0 Å². The van der Waals surface area contributed by atoms with Crippen LogP contribution in [0, 0.1) is 5.41 Å². The van der Waals surface area contributed by atoms with Crippen molar-refractivity contribution in [1.82, 2.24) is 9.88 Å². The molecule has 5 nitrogen and oxygen atoms in total. The van der Waals surface area contributed by atoms with Gasteiger partial charge in [0.2, 0.25) is 0 Å². The van der Waals surface area contributed by atoms with Gasteiger partial charge in [-0.05, 0) is 38.4 Å². The smallest absolute Gasteiger partial charge is 0.311 e. The molecule has 0 amide bonds. The molecular formula is C14H23N3O2S. The van der Waals surface area contributed by atoms with Crippen molar-refractivity contribution in [3.63, 3.8) is 0 Å². The lowest BCUT2D eigenvalue weighted by molar-refractivity contribution is -0.139. The summed E-state index contributed by atoms with van der Waals surface area (Å²) in [5.41, 5.74) is 1.11. The van der Waals surface area contributed by atoms with Crippen molar-refractivity contribution in [3.05, 3.63) is 11.1 Å². The standard InChI is InChI=1S/C14H23N3O2S/c1-14(4-6-17(2)7-5-14)10-15-13-16-11(9-20-13)8-12(18)19-3/h9H,4-8,10H2,1-3H3,(H,15,16). The lowest BCUT2D eigenvalue weighted by atomic mass is 9.80. The number of piperidine rings is 1. The minimum absolute atomic E-state index is 0.246. The van der Waals surface area contributed by atoms with Crippen molar-refractivity contribution in [3.8, 4) is 0 Å². The molecule has 0 saturated carbocycles. The number of esters is 1. The second kappa shape index (κ2) is 6.54. The van der Waals surface area contributed by atoms with Crippen molar-refractivity contribution in [1.29, 1.82) is 0 Å². The second-order valence-electron chi connectivity index (χ2n) is 5.86. The minimum Gasteiger partial charge on any atom is -0.469 e. The molecule has 112 valence electrons. The van der Waals surface area contributed by atoms with Gasteiger partial charge in [0, 0.05) is 11.9 Å². The van der Waals surface area contributed by atoms with Crippen LogP contribution in [0.2, 0.25) is 0 Å². The van der Waals surface area contributed by atoms with Crippen molar-refractivity contribution in [2.24, 2.45) is 5.41 Å². The third-order valence-electron chi connectivity index (χ3n) is 3.97. The first kappa shape index (κ1) is 15.3. The number of aromatic nitrogens is 1. The van der Waals surface area contributed by atoms with Crippen LogP contribution in [0.4, 0.5) is 5.13 Å². The highest BCUT2D eigenvalue weighted by molar-refractivity contribution is 7.13. The predicted molar refractivity (Wildman–Crippen MR) is 81.2 cm³/mol. The summed E-state index contributed by atoms with van der Waals surface area (Å²) in [6, 6.07) is 0. The van der Waals surface area contributed by atoms with Gasteiger partial charge < -0.3 is 15.0 Å². The van der Waals surface area contributed by atoms with Gasteiger partial charge in [-0.25, -0.2) is 4.98 Å². The molecule has 2 rings (SSSR count). The summed E-state index contributed by atoms with van der Waals surface area (Å²) in [4.78, 5) is 18.0. The van der Waals surface area contributed by atoms with Gasteiger partial charge in [0.1, 0.15) is 0 Å². The van der Waals surface area contributed by atoms with Crippen LogP contribution in [0.1, 0.15) is 25.5 Å². The molecule has 2 heterocycles. The number of nitrogens with one attached hydrogen (secondary N) is 1. The minimum atomic E-state index is -0.246. The molecule has 1 aliphatic heterocycles. The number of thiazole rings is 1. The van der Waals surface area contributed by atoms with Crippen LogP contribution >= 0.6 is 11.3 Å². The van der Waals surface area contributed by atoms with Gasteiger partial charge in [-0.2, -0.15) is 0 Å². The van der Waals surface area contributed by atoms with Gasteiger partial charge in [0.25, 0.3) is 0 Å².